The average Bonchev–Trinajstić information content (AvgIpc) is 2.95. The Morgan fingerprint density at radius 3 is 2.62 bits per heavy atom. The van der Waals surface area contributed by atoms with Crippen molar-refractivity contribution in [1.29, 1.82) is 0 Å². The van der Waals surface area contributed by atoms with Gasteiger partial charge in [0.2, 0.25) is 0 Å². The van der Waals surface area contributed by atoms with Gasteiger partial charge in [0, 0.05) is 25.0 Å². The second kappa shape index (κ2) is 8.04. The van der Waals surface area contributed by atoms with E-state index in [1.807, 2.05) is 19.0 Å². The number of aromatic nitrogens is 3. The summed E-state index contributed by atoms with van der Waals surface area (Å²) in [6.45, 7) is -0.0491. The van der Waals surface area contributed by atoms with Crippen molar-refractivity contribution in [2.24, 2.45) is 0 Å². The van der Waals surface area contributed by atoms with Gasteiger partial charge in [-0.3, -0.25) is 14.8 Å². The first-order valence-corrected chi connectivity index (χ1v) is 7.66. The van der Waals surface area contributed by atoms with Crippen LogP contribution in [0.5, 0.6) is 0 Å². The minimum Gasteiger partial charge on any atom is -0.308 e. The minimum absolute atomic E-state index is 0.257. The molecular weight excluding hydrogens is 353 g/mol. The highest BCUT2D eigenvalue weighted by Crippen LogP contribution is 2.16. The highest BCUT2D eigenvalue weighted by Gasteiger charge is 2.28. The third-order valence-corrected chi connectivity index (χ3v) is 3.28. The zero-order valence-corrected chi connectivity index (χ0v) is 14.2. The van der Waals surface area contributed by atoms with Crippen molar-refractivity contribution in [3.05, 3.63) is 40.9 Å². The quantitative estimate of drug-likeness (QED) is 0.810. The van der Waals surface area contributed by atoms with E-state index < -0.39 is 24.3 Å². The lowest BCUT2D eigenvalue weighted by atomic mass is 10.4. The number of hydrogen-bond acceptors (Lipinski definition) is 4. The Labute approximate surface area is 147 Å². The maximum atomic E-state index is 12.4. The molecule has 0 aliphatic carbocycles. The number of halogens is 3. The molecule has 0 atom stereocenters. The molecule has 2 rings (SSSR count). The fraction of sp³-hybridized carbons (Fsp3) is 0.400. The summed E-state index contributed by atoms with van der Waals surface area (Å²) in [5.74, 6) is 0.257. The van der Waals surface area contributed by atoms with Gasteiger partial charge in [0.25, 0.3) is 5.56 Å². The number of likely N-dealkylation sites (N-methyl/N-ethyl adjacent to an activating group) is 1. The Morgan fingerprint density at radius 2 is 1.96 bits per heavy atom. The lowest BCUT2D eigenvalue weighted by Gasteiger charge is -2.11. The summed E-state index contributed by atoms with van der Waals surface area (Å²) in [7, 11) is 3.84. The number of carbonyl (C=O) groups excluding carboxylic acids is 1. The topological polar surface area (TPSA) is 84.2 Å². The largest absolute Gasteiger partial charge is 0.406 e. The lowest BCUT2D eigenvalue weighted by molar-refractivity contribution is -0.141. The van der Waals surface area contributed by atoms with Crippen molar-refractivity contribution in [2.45, 2.75) is 19.3 Å². The Balaban J connectivity index is 2.00. The molecular formula is C15H19F3N6O2. The minimum atomic E-state index is -4.54. The fourth-order valence-corrected chi connectivity index (χ4v) is 2.07. The van der Waals surface area contributed by atoms with Crippen molar-refractivity contribution in [2.75, 3.05) is 31.3 Å². The van der Waals surface area contributed by atoms with Crippen LogP contribution in [-0.4, -0.2) is 52.1 Å². The van der Waals surface area contributed by atoms with Crippen molar-refractivity contribution >= 4 is 17.5 Å². The SMILES string of the molecule is CN(C)CCn1ccc(NC(=O)Nc2cccn(CC(F)(F)F)c2=O)n1. The highest BCUT2D eigenvalue weighted by molar-refractivity contribution is 5.98. The summed E-state index contributed by atoms with van der Waals surface area (Å²) in [4.78, 5) is 25.9. The third kappa shape index (κ3) is 5.92. The molecule has 0 unspecified atom stereocenters. The molecule has 2 N–H and O–H groups in total. The van der Waals surface area contributed by atoms with Gasteiger partial charge in [-0.1, -0.05) is 0 Å². The van der Waals surface area contributed by atoms with E-state index in [2.05, 4.69) is 15.7 Å². The fourth-order valence-electron chi connectivity index (χ4n) is 2.07. The van der Waals surface area contributed by atoms with Crippen molar-refractivity contribution < 1.29 is 18.0 Å². The van der Waals surface area contributed by atoms with E-state index in [0.717, 1.165) is 12.7 Å². The Hall–Kier alpha value is -2.82. The molecule has 2 aromatic heterocycles. The van der Waals surface area contributed by atoms with Crippen LogP contribution in [0.15, 0.2) is 35.4 Å². The maximum absolute atomic E-state index is 12.4. The predicted octanol–water partition coefficient (Wildman–Crippen LogP) is 1.81. The van der Waals surface area contributed by atoms with Crippen LogP contribution < -0.4 is 16.2 Å². The van der Waals surface area contributed by atoms with Gasteiger partial charge in [-0.25, -0.2) is 4.79 Å². The smallest absolute Gasteiger partial charge is 0.308 e. The zero-order chi connectivity index (χ0) is 19.3. The van der Waals surface area contributed by atoms with Crippen LogP contribution in [-0.2, 0) is 13.1 Å². The number of carbonyl (C=O) groups is 1. The average molecular weight is 372 g/mol. The van der Waals surface area contributed by atoms with Crippen molar-refractivity contribution in [3.63, 3.8) is 0 Å². The molecule has 0 radical (unpaired) electrons. The first kappa shape index (κ1) is 19.5. The molecule has 0 bridgehead atoms. The van der Waals surface area contributed by atoms with Crippen LogP contribution in [0.4, 0.5) is 29.5 Å². The molecule has 0 aliphatic heterocycles. The molecule has 0 saturated heterocycles. The number of nitrogens with one attached hydrogen (secondary N) is 2. The van der Waals surface area contributed by atoms with Gasteiger partial charge in [-0.15, -0.1) is 0 Å². The van der Waals surface area contributed by atoms with Gasteiger partial charge < -0.3 is 14.8 Å². The van der Waals surface area contributed by atoms with Crippen LogP contribution in [0.25, 0.3) is 0 Å². The Kier molecular flexibility index (Phi) is 6.03. The number of alkyl halides is 3. The number of amides is 2. The normalized spacial score (nSPS) is 11.6. The molecule has 2 heterocycles. The Morgan fingerprint density at radius 1 is 1.23 bits per heavy atom. The van der Waals surface area contributed by atoms with E-state index in [1.165, 1.54) is 12.1 Å². The van der Waals surface area contributed by atoms with E-state index >= 15 is 0 Å². The third-order valence-electron chi connectivity index (χ3n) is 3.28. The van der Waals surface area contributed by atoms with Crippen LogP contribution in [0, 0.1) is 0 Å². The molecule has 2 amide bonds. The van der Waals surface area contributed by atoms with Gasteiger partial charge in [0.05, 0.1) is 6.54 Å². The van der Waals surface area contributed by atoms with Gasteiger partial charge in [-0.05, 0) is 26.2 Å². The molecule has 0 aromatic carbocycles. The number of urea groups is 1. The van der Waals surface area contributed by atoms with Crippen LogP contribution in [0.2, 0.25) is 0 Å². The van der Waals surface area contributed by atoms with Crippen LogP contribution in [0.3, 0.4) is 0 Å². The standard InChI is InChI=1S/C15H19F3N6O2/c1-22(2)8-9-24-7-5-12(21-24)20-14(26)19-11-4-3-6-23(13(11)25)10-15(16,17)18/h3-7H,8-10H2,1-2H3,(H2,19,20,21,26). The molecule has 142 valence electrons. The molecule has 26 heavy (non-hydrogen) atoms. The summed E-state index contributed by atoms with van der Waals surface area (Å²) in [5.41, 5.74) is -1.21. The number of rotatable bonds is 6. The first-order valence-electron chi connectivity index (χ1n) is 7.66. The van der Waals surface area contributed by atoms with E-state index in [1.54, 1.807) is 16.9 Å². The molecule has 0 fully saturated rings. The monoisotopic (exact) mass is 372 g/mol. The van der Waals surface area contributed by atoms with E-state index in [0.29, 0.717) is 11.1 Å². The summed E-state index contributed by atoms with van der Waals surface area (Å²) < 4.78 is 39.4. The number of nitrogens with zero attached hydrogens (tertiary/aromatic N) is 4. The molecule has 0 spiro atoms. The number of pyridine rings is 1. The summed E-state index contributed by atoms with van der Waals surface area (Å²) in [5, 5.41) is 8.80. The zero-order valence-electron chi connectivity index (χ0n) is 14.2. The second-order valence-corrected chi connectivity index (χ2v) is 5.82. The van der Waals surface area contributed by atoms with Crippen molar-refractivity contribution in [1.82, 2.24) is 19.2 Å². The highest BCUT2D eigenvalue weighted by atomic mass is 19.4. The summed E-state index contributed by atoms with van der Waals surface area (Å²) in [6.07, 6.45) is -1.85. The number of hydrogen-bond donors (Lipinski definition) is 2. The summed E-state index contributed by atoms with van der Waals surface area (Å²) >= 11 is 0. The van der Waals surface area contributed by atoms with Gasteiger partial charge in [0.1, 0.15) is 12.2 Å². The Bertz CT molecular complexity index is 812. The van der Waals surface area contributed by atoms with Gasteiger partial charge in [-0.2, -0.15) is 18.3 Å². The summed E-state index contributed by atoms with van der Waals surface area (Å²) in [6, 6.07) is 3.27. The van der Waals surface area contributed by atoms with Crippen LogP contribution >= 0.6 is 0 Å². The molecule has 8 nitrogen and oxygen atoms in total. The molecule has 11 heteroatoms. The molecule has 0 aliphatic rings. The van der Waals surface area contributed by atoms with Crippen LogP contribution in [0.1, 0.15) is 0 Å². The maximum Gasteiger partial charge on any atom is 0.406 e. The predicted molar refractivity (Wildman–Crippen MR) is 90.2 cm³/mol. The van der Waals surface area contributed by atoms with E-state index in [4.69, 9.17) is 0 Å². The first-order chi connectivity index (χ1) is 12.1. The van der Waals surface area contributed by atoms with Crippen molar-refractivity contribution in [3.8, 4) is 0 Å². The van der Waals surface area contributed by atoms with Gasteiger partial charge >= 0.3 is 12.2 Å². The lowest BCUT2D eigenvalue weighted by Crippen LogP contribution is -2.31. The number of anilines is 2. The van der Waals surface area contributed by atoms with E-state index in [9.17, 15) is 22.8 Å². The van der Waals surface area contributed by atoms with Gasteiger partial charge in [0.15, 0.2) is 5.82 Å². The molecule has 0 saturated carbocycles. The second-order valence-electron chi connectivity index (χ2n) is 5.82. The van der Waals surface area contributed by atoms with E-state index in [-0.39, 0.29) is 11.5 Å². The molecule has 2 aromatic rings.